The first-order valence-corrected chi connectivity index (χ1v) is 22.6. The summed E-state index contributed by atoms with van der Waals surface area (Å²) in [6, 6.07) is 56.2. The van der Waals surface area contributed by atoms with E-state index in [4.69, 9.17) is 0 Å². The molecule has 0 fully saturated rings. The number of rotatable bonds is 4. The average Bonchev–Trinajstić information content (AvgIpc) is 3.22. The molecule has 0 aliphatic carbocycles. The van der Waals surface area contributed by atoms with Gasteiger partial charge in [-0.1, -0.05) is 180 Å². The molecule has 3 heteroatoms. The van der Waals surface area contributed by atoms with Crippen LogP contribution in [-0.4, -0.2) is 6.71 Å². The maximum atomic E-state index is 2.63. The first-order valence-electron chi connectivity index (χ1n) is 22.6. The van der Waals surface area contributed by atoms with E-state index in [-0.39, 0.29) is 28.4 Å². The van der Waals surface area contributed by atoms with E-state index in [2.05, 4.69) is 245 Å². The summed E-state index contributed by atoms with van der Waals surface area (Å²) >= 11 is 0. The van der Waals surface area contributed by atoms with Gasteiger partial charge in [-0.3, -0.25) is 0 Å². The summed E-state index contributed by atoms with van der Waals surface area (Å²) in [6.07, 6.45) is 0. The van der Waals surface area contributed by atoms with Crippen LogP contribution in [0.25, 0.3) is 22.3 Å². The van der Waals surface area contributed by atoms with Crippen molar-refractivity contribution in [2.24, 2.45) is 0 Å². The molecule has 0 N–H and O–H groups in total. The lowest BCUT2D eigenvalue weighted by Gasteiger charge is -2.45. The lowest BCUT2D eigenvalue weighted by atomic mass is 9.33. The van der Waals surface area contributed by atoms with E-state index in [0.29, 0.717) is 0 Å². The molecular weight excluding hydrogens is 747 g/mol. The topological polar surface area (TPSA) is 6.48 Å². The molecule has 0 amide bonds. The standard InChI is InChI=1S/C59H63BN2/c1-38-34-46(39-18-15-14-16-19-39)55(47(35-38)40-22-24-41(25-23-40)56(2,3)4)62-51-33-29-44(59(11,12)13)37-49(51)60-48-36-43(58(8,9)10)28-32-50(48)61(52-20-17-21-53(62)54(52)60)45-30-26-42(27-31-45)57(5,6)7/h14-37H,1-13H3. The Morgan fingerprint density at radius 1 is 0.371 bits per heavy atom. The van der Waals surface area contributed by atoms with E-state index >= 15 is 0 Å². The molecule has 2 aliphatic rings. The molecule has 62 heavy (non-hydrogen) atoms. The van der Waals surface area contributed by atoms with Gasteiger partial charge in [-0.2, -0.15) is 0 Å². The second-order valence-electron chi connectivity index (χ2n) is 22.1. The van der Waals surface area contributed by atoms with Crippen LogP contribution in [0.15, 0.2) is 146 Å². The number of benzene rings is 7. The predicted octanol–water partition coefficient (Wildman–Crippen LogP) is 14.6. The molecule has 2 heterocycles. The van der Waals surface area contributed by atoms with E-state index < -0.39 is 0 Å². The fourth-order valence-corrected chi connectivity index (χ4v) is 9.73. The Kier molecular flexibility index (Phi) is 9.82. The van der Waals surface area contributed by atoms with Gasteiger partial charge >= 0.3 is 0 Å². The Hall–Kier alpha value is -5.80. The summed E-state index contributed by atoms with van der Waals surface area (Å²) in [5.41, 5.74) is 22.9. The van der Waals surface area contributed by atoms with Gasteiger partial charge in [0.05, 0.1) is 5.69 Å². The molecule has 0 aromatic heterocycles. The molecule has 0 spiro atoms. The largest absolute Gasteiger partial charge is 0.311 e. The van der Waals surface area contributed by atoms with Crippen LogP contribution in [-0.2, 0) is 21.7 Å². The lowest BCUT2D eigenvalue weighted by Crippen LogP contribution is -2.61. The number of fused-ring (bicyclic) bond motifs is 4. The van der Waals surface area contributed by atoms with Crippen LogP contribution in [0.3, 0.4) is 0 Å². The fourth-order valence-electron chi connectivity index (χ4n) is 9.73. The van der Waals surface area contributed by atoms with Crippen LogP contribution in [0, 0.1) is 6.92 Å². The molecule has 0 unspecified atom stereocenters. The second-order valence-corrected chi connectivity index (χ2v) is 22.1. The minimum atomic E-state index is -0.0374. The molecule has 7 aromatic rings. The summed E-state index contributed by atoms with van der Waals surface area (Å²) in [7, 11) is 0. The van der Waals surface area contributed by atoms with Crippen LogP contribution in [0.2, 0.25) is 0 Å². The summed E-state index contributed by atoms with van der Waals surface area (Å²) in [5, 5.41) is 0. The Morgan fingerprint density at radius 3 is 1.27 bits per heavy atom. The third-order valence-corrected chi connectivity index (χ3v) is 13.3. The first-order chi connectivity index (χ1) is 29.2. The summed E-state index contributed by atoms with van der Waals surface area (Å²) in [5.74, 6) is 0. The first kappa shape index (κ1) is 41.6. The minimum absolute atomic E-state index is 0.0191. The molecule has 9 rings (SSSR count). The highest BCUT2D eigenvalue weighted by molar-refractivity contribution is 7.00. The number of aryl methyl sites for hydroxylation is 1. The van der Waals surface area contributed by atoms with Crippen LogP contribution >= 0.6 is 0 Å². The molecule has 0 saturated carbocycles. The van der Waals surface area contributed by atoms with Gasteiger partial charge in [-0.15, -0.1) is 0 Å². The van der Waals surface area contributed by atoms with Crippen molar-refractivity contribution in [3.05, 3.63) is 173 Å². The zero-order valence-corrected chi connectivity index (χ0v) is 39.3. The van der Waals surface area contributed by atoms with E-state index in [1.165, 1.54) is 101 Å². The van der Waals surface area contributed by atoms with Crippen molar-refractivity contribution in [3.63, 3.8) is 0 Å². The van der Waals surface area contributed by atoms with E-state index in [9.17, 15) is 0 Å². The van der Waals surface area contributed by atoms with Crippen molar-refractivity contribution in [2.45, 2.75) is 112 Å². The van der Waals surface area contributed by atoms with Gasteiger partial charge in [-0.25, -0.2) is 0 Å². The van der Waals surface area contributed by atoms with Gasteiger partial charge < -0.3 is 9.80 Å². The Balaban J connectivity index is 1.40. The summed E-state index contributed by atoms with van der Waals surface area (Å²) < 4.78 is 0. The van der Waals surface area contributed by atoms with Crippen molar-refractivity contribution in [1.82, 2.24) is 0 Å². The van der Waals surface area contributed by atoms with Gasteiger partial charge in [0.25, 0.3) is 6.71 Å². The van der Waals surface area contributed by atoms with Gasteiger partial charge in [0.1, 0.15) is 0 Å². The zero-order chi connectivity index (χ0) is 44.1. The summed E-state index contributed by atoms with van der Waals surface area (Å²) in [4.78, 5) is 5.17. The normalized spacial score (nSPS) is 13.8. The van der Waals surface area contributed by atoms with Crippen LogP contribution in [0.4, 0.5) is 34.1 Å². The van der Waals surface area contributed by atoms with E-state index in [0.717, 1.165) is 0 Å². The van der Waals surface area contributed by atoms with Crippen LogP contribution in [0.1, 0.15) is 111 Å². The molecule has 7 aromatic carbocycles. The van der Waals surface area contributed by atoms with E-state index in [1.807, 2.05) is 0 Å². The maximum absolute atomic E-state index is 2.63. The monoisotopic (exact) mass is 811 g/mol. The fraction of sp³-hybridized carbons (Fsp3) is 0.288. The molecular formula is C59H63BN2. The maximum Gasteiger partial charge on any atom is 0.252 e. The number of nitrogens with zero attached hydrogens (tertiary/aromatic N) is 2. The minimum Gasteiger partial charge on any atom is -0.311 e. The highest BCUT2D eigenvalue weighted by Gasteiger charge is 2.45. The Morgan fingerprint density at radius 2 is 0.790 bits per heavy atom. The summed E-state index contributed by atoms with van der Waals surface area (Å²) in [6.45, 7) is 30.1. The number of anilines is 6. The predicted molar refractivity (Wildman–Crippen MR) is 271 cm³/mol. The Bertz CT molecular complexity index is 2820. The second kappa shape index (κ2) is 14.7. The van der Waals surface area contributed by atoms with Crippen LogP contribution in [0.5, 0.6) is 0 Å². The molecule has 0 radical (unpaired) electrons. The van der Waals surface area contributed by atoms with Crippen molar-refractivity contribution in [1.29, 1.82) is 0 Å². The third-order valence-electron chi connectivity index (χ3n) is 13.3. The lowest BCUT2D eigenvalue weighted by molar-refractivity contribution is 0.590. The van der Waals surface area contributed by atoms with Gasteiger partial charge in [0.15, 0.2) is 0 Å². The van der Waals surface area contributed by atoms with Crippen molar-refractivity contribution < 1.29 is 0 Å². The van der Waals surface area contributed by atoms with Crippen molar-refractivity contribution >= 4 is 57.2 Å². The Labute approximate surface area is 372 Å². The van der Waals surface area contributed by atoms with Gasteiger partial charge in [0, 0.05) is 39.6 Å². The SMILES string of the molecule is Cc1cc(-c2ccccc2)c(N2c3ccc(C(C)(C)C)cc3B3c4cc(C(C)(C)C)ccc4N(c4ccc(C(C)(C)C)cc4)c4cccc2c43)c(-c2ccc(C(C)(C)C)cc2)c1. The van der Waals surface area contributed by atoms with E-state index in [1.54, 1.807) is 0 Å². The van der Waals surface area contributed by atoms with Gasteiger partial charge in [-0.05, 0) is 132 Å². The molecule has 312 valence electrons. The smallest absolute Gasteiger partial charge is 0.252 e. The number of hydrogen-bond donors (Lipinski definition) is 0. The third kappa shape index (κ3) is 7.18. The van der Waals surface area contributed by atoms with Crippen molar-refractivity contribution in [2.75, 3.05) is 9.80 Å². The quantitative estimate of drug-likeness (QED) is 0.163. The highest BCUT2D eigenvalue weighted by atomic mass is 15.2. The zero-order valence-electron chi connectivity index (χ0n) is 39.3. The molecule has 2 aliphatic heterocycles. The molecule has 0 bridgehead atoms. The van der Waals surface area contributed by atoms with Crippen LogP contribution < -0.4 is 26.2 Å². The molecule has 0 atom stereocenters. The highest BCUT2D eigenvalue weighted by Crippen LogP contribution is 2.51. The molecule has 0 saturated heterocycles. The van der Waals surface area contributed by atoms with Crippen molar-refractivity contribution in [3.8, 4) is 22.3 Å². The number of hydrogen-bond acceptors (Lipinski definition) is 2. The average molecular weight is 811 g/mol. The molecule has 2 nitrogen and oxygen atoms in total. The van der Waals surface area contributed by atoms with Gasteiger partial charge in [0.2, 0.25) is 0 Å².